The van der Waals surface area contributed by atoms with Crippen molar-refractivity contribution in [3.63, 3.8) is 0 Å². The van der Waals surface area contributed by atoms with E-state index in [1.807, 2.05) is 0 Å². The van der Waals surface area contributed by atoms with Crippen LogP contribution < -0.4 is 11.1 Å². The number of carbonyl (C=O) groups excluding carboxylic acids is 2. The van der Waals surface area contributed by atoms with Crippen molar-refractivity contribution in [1.29, 1.82) is 0 Å². The number of rotatable bonds is 3. The topological polar surface area (TPSA) is 85.1 Å². The number of aromatic nitrogens is 1. The van der Waals surface area contributed by atoms with E-state index in [2.05, 4.69) is 16.4 Å². The van der Waals surface area contributed by atoms with Gasteiger partial charge in [-0.1, -0.05) is 19.3 Å². The van der Waals surface area contributed by atoms with Gasteiger partial charge in [0.05, 0.1) is 5.56 Å². The molecule has 95 valence electrons. The highest BCUT2D eigenvalue weighted by molar-refractivity contribution is 5.97. The van der Waals surface area contributed by atoms with Gasteiger partial charge in [-0.15, -0.1) is 0 Å². The molecule has 2 amide bonds. The molecule has 1 radical (unpaired) electrons. The number of carbonyl (C=O) groups is 2. The van der Waals surface area contributed by atoms with Crippen LogP contribution in [0.5, 0.6) is 0 Å². The minimum absolute atomic E-state index is 0.00806. The summed E-state index contributed by atoms with van der Waals surface area (Å²) in [7, 11) is 0. The fourth-order valence-corrected chi connectivity index (χ4v) is 2.16. The summed E-state index contributed by atoms with van der Waals surface area (Å²) in [5.41, 5.74) is 5.40. The number of hydrogen-bond donors (Lipinski definition) is 2. The Labute approximate surface area is 106 Å². The molecule has 1 aromatic heterocycles. The molecular formula is C13H16N3O2. The molecule has 0 unspecified atom stereocenters. The van der Waals surface area contributed by atoms with Crippen LogP contribution in [0.2, 0.25) is 0 Å². The Morgan fingerprint density at radius 2 is 2.06 bits per heavy atom. The van der Waals surface area contributed by atoms with Crippen molar-refractivity contribution in [3.8, 4) is 0 Å². The van der Waals surface area contributed by atoms with E-state index in [0.29, 0.717) is 5.56 Å². The first-order valence-corrected chi connectivity index (χ1v) is 6.16. The number of nitrogens with one attached hydrogen (secondary N) is 1. The molecule has 1 saturated carbocycles. The molecule has 3 N–H and O–H groups in total. The number of primary amides is 1. The fourth-order valence-electron chi connectivity index (χ4n) is 2.16. The molecule has 1 aliphatic rings. The second-order valence-electron chi connectivity index (χ2n) is 4.50. The summed E-state index contributed by atoms with van der Waals surface area (Å²) < 4.78 is 0. The van der Waals surface area contributed by atoms with Crippen molar-refractivity contribution in [2.24, 2.45) is 5.73 Å². The first-order valence-electron chi connectivity index (χ1n) is 6.16. The molecular weight excluding hydrogens is 230 g/mol. The SMILES string of the molecule is NC(=O)c1[c]c(C(=O)NC2CCCCC2)ccn1. The van der Waals surface area contributed by atoms with Crippen LogP contribution in [0.4, 0.5) is 0 Å². The number of nitrogens with two attached hydrogens (primary N) is 1. The molecule has 0 bridgehead atoms. The van der Waals surface area contributed by atoms with Gasteiger partial charge in [0.15, 0.2) is 0 Å². The Kier molecular flexibility index (Phi) is 3.92. The summed E-state index contributed by atoms with van der Waals surface area (Å²) in [5, 5.41) is 2.95. The molecule has 0 aromatic carbocycles. The van der Waals surface area contributed by atoms with Gasteiger partial charge in [0.1, 0.15) is 5.69 Å². The second-order valence-corrected chi connectivity index (χ2v) is 4.50. The zero-order valence-electron chi connectivity index (χ0n) is 10.1. The first kappa shape index (κ1) is 12.5. The van der Waals surface area contributed by atoms with Crippen LogP contribution in [0.25, 0.3) is 0 Å². The average molecular weight is 246 g/mol. The van der Waals surface area contributed by atoms with Crippen LogP contribution in [0.3, 0.4) is 0 Å². The number of nitrogens with zero attached hydrogens (tertiary/aromatic N) is 1. The van der Waals surface area contributed by atoms with Crippen molar-refractivity contribution >= 4 is 11.8 Å². The minimum Gasteiger partial charge on any atom is -0.364 e. The summed E-state index contributed by atoms with van der Waals surface area (Å²) >= 11 is 0. The Morgan fingerprint density at radius 3 is 2.72 bits per heavy atom. The van der Waals surface area contributed by atoms with Gasteiger partial charge in [-0.05, 0) is 18.9 Å². The zero-order chi connectivity index (χ0) is 13.0. The normalized spacial score (nSPS) is 16.2. The monoisotopic (exact) mass is 246 g/mol. The summed E-state index contributed by atoms with van der Waals surface area (Å²) in [6.07, 6.45) is 6.96. The number of pyridine rings is 1. The highest BCUT2D eigenvalue weighted by Gasteiger charge is 2.17. The van der Waals surface area contributed by atoms with E-state index in [1.165, 1.54) is 18.7 Å². The van der Waals surface area contributed by atoms with Gasteiger partial charge in [-0.2, -0.15) is 0 Å². The van der Waals surface area contributed by atoms with Crippen LogP contribution in [0.15, 0.2) is 12.3 Å². The lowest BCUT2D eigenvalue weighted by molar-refractivity contribution is 0.0927. The molecule has 18 heavy (non-hydrogen) atoms. The van der Waals surface area contributed by atoms with Crippen LogP contribution in [0, 0.1) is 6.07 Å². The standard InChI is InChI=1S/C13H16N3O2/c14-12(17)11-8-9(6-7-15-11)13(18)16-10-4-2-1-3-5-10/h6-7,10H,1-5H2,(H2,14,17)(H,16,18). The Morgan fingerprint density at radius 1 is 1.33 bits per heavy atom. The summed E-state index contributed by atoms with van der Waals surface area (Å²) in [5.74, 6) is -0.894. The Hall–Kier alpha value is -1.91. The van der Waals surface area contributed by atoms with Crippen molar-refractivity contribution in [2.45, 2.75) is 38.1 Å². The van der Waals surface area contributed by atoms with Crippen LogP contribution in [-0.4, -0.2) is 22.8 Å². The van der Waals surface area contributed by atoms with Gasteiger partial charge < -0.3 is 11.1 Å². The van der Waals surface area contributed by atoms with E-state index in [9.17, 15) is 9.59 Å². The lowest BCUT2D eigenvalue weighted by atomic mass is 9.95. The minimum atomic E-state index is -0.678. The lowest BCUT2D eigenvalue weighted by Crippen LogP contribution is -2.36. The third-order valence-electron chi connectivity index (χ3n) is 3.12. The average Bonchev–Trinajstić information content (AvgIpc) is 2.40. The number of hydrogen-bond acceptors (Lipinski definition) is 3. The van der Waals surface area contributed by atoms with Crippen molar-refractivity contribution < 1.29 is 9.59 Å². The van der Waals surface area contributed by atoms with E-state index < -0.39 is 5.91 Å². The molecule has 1 aliphatic carbocycles. The highest BCUT2D eigenvalue weighted by atomic mass is 16.2. The second kappa shape index (κ2) is 5.62. The van der Waals surface area contributed by atoms with E-state index in [1.54, 1.807) is 0 Å². The van der Waals surface area contributed by atoms with E-state index >= 15 is 0 Å². The van der Waals surface area contributed by atoms with Gasteiger partial charge in [-0.3, -0.25) is 14.6 Å². The van der Waals surface area contributed by atoms with Crippen LogP contribution in [0.1, 0.15) is 53.0 Å². The molecule has 0 saturated heterocycles. The molecule has 5 nitrogen and oxygen atoms in total. The van der Waals surface area contributed by atoms with Crippen molar-refractivity contribution in [3.05, 3.63) is 29.6 Å². The van der Waals surface area contributed by atoms with E-state index in [0.717, 1.165) is 25.7 Å². The smallest absolute Gasteiger partial charge is 0.267 e. The molecule has 5 heteroatoms. The lowest BCUT2D eigenvalue weighted by Gasteiger charge is -2.22. The summed E-state index contributed by atoms with van der Waals surface area (Å²) in [6.45, 7) is 0. The molecule has 1 fully saturated rings. The van der Waals surface area contributed by atoms with Crippen LogP contribution in [-0.2, 0) is 0 Å². The molecule has 1 heterocycles. The third-order valence-corrected chi connectivity index (χ3v) is 3.12. The predicted octanol–water partition coefficient (Wildman–Crippen LogP) is 1.04. The van der Waals surface area contributed by atoms with Crippen molar-refractivity contribution in [1.82, 2.24) is 10.3 Å². The van der Waals surface area contributed by atoms with E-state index in [4.69, 9.17) is 5.73 Å². The van der Waals surface area contributed by atoms with Crippen molar-refractivity contribution in [2.75, 3.05) is 0 Å². The summed E-state index contributed by atoms with van der Waals surface area (Å²) in [4.78, 5) is 26.7. The largest absolute Gasteiger partial charge is 0.364 e. The van der Waals surface area contributed by atoms with Gasteiger partial charge in [0.2, 0.25) is 0 Å². The van der Waals surface area contributed by atoms with Gasteiger partial charge >= 0.3 is 0 Å². The van der Waals surface area contributed by atoms with E-state index in [-0.39, 0.29) is 17.6 Å². The Bertz CT molecular complexity index is 453. The third kappa shape index (κ3) is 3.06. The summed E-state index contributed by atoms with van der Waals surface area (Å²) in [6, 6.07) is 4.39. The fraction of sp³-hybridized carbons (Fsp3) is 0.462. The van der Waals surface area contributed by atoms with Gasteiger partial charge in [0, 0.05) is 18.3 Å². The Balaban J connectivity index is 2.03. The zero-order valence-corrected chi connectivity index (χ0v) is 10.1. The molecule has 0 aliphatic heterocycles. The molecule has 1 aromatic rings. The highest BCUT2D eigenvalue weighted by Crippen LogP contribution is 2.17. The van der Waals surface area contributed by atoms with Gasteiger partial charge in [0.25, 0.3) is 11.8 Å². The maximum atomic E-state index is 12.0. The molecule has 0 spiro atoms. The van der Waals surface area contributed by atoms with Gasteiger partial charge in [-0.25, -0.2) is 0 Å². The predicted molar refractivity (Wildman–Crippen MR) is 65.9 cm³/mol. The van der Waals surface area contributed by atoms with Crippen LogP contribution >= 0.6 is 0 Å². The maximum Gasteiger partial charge on any atom is 0.267 e. The quantitative estimate of drug-likeness (QED) is 0.835. The maximum absolute atomic E-state index is 12.0. The molecule has 2 rings (SSSR count). The number of amides is 2. The molecule has 0 atom stereocenters. The first-order chi connectivity index (χ1) is 8.66.